The highest BCUT2D eigenvalue weighted by atomic mass is 16.5. The van der Waals surface area contributed by atoms with Crippen LogP contribution in [0.1, 0.15) is 33.1 Å². The van der Waals surface area contributed by atoms with Crippen molar-refractivity contribution in [3.8, 4) is 0 Å². The third kappa shape index (κ3) is 4.22. The third-order valence-corrected chi connectivity index (χ3v) is 4.50. The van der Waals surface area contributed by atoms with Gasteiger partial charge in [0.25, 0.3) is 0 Å². The summed E-state index contributed by atoms with van der Waals surface area (Å²) in [7, 11) is 2.27. The van der Waals surface area contributed by atoms with Crippen LogP contribution < -0.4 is 5.32 Å². The Morgan fingerprint density at radius 1 is 1.28 bits per heavy atom. The number of hydrogen-bond donors (Lipinski definition) is 1. The molecule has 2 rings (SSSR count). The Labute approximate surface area is 112 Å². The van der Waals surface area contributed by atoms with Crippen molar-refractivity contribution in [2.24, 2.45) is 17.8 Å². The van der Waals surface area contributed by atoms with Crippen molar-refractivity contribution >= 4 is 0 Å². The molecule has 1 N–H and O–H groups in total. The summed E-state index contributed by atoms with van der Waals surface area (Å²) in [5, 5.41) is 3.70. The van der Waals surface area contributed by atoms with E-state index in [4.69, 9.17) is 4.74 Å². The summed E-state index contributed by atoms with van der Waals surface area (Å²) in [5.74, 6) is 2.59. The third-order valence-electron chi connectivity index (χ3n) is 4.50. The van der Waals surface area contributed by atoms with Gasteiger partial charge in [-0.15, -0.1) is 0 Å². The maximum atomic E-state index is 5.67. The molecule has 2 aliphatic rings. The topological polar surface area (TPSA) is 24.5 Å². The van der Waals surface area contributed by atoms with E-state index in [1.54, 1.807) is 0 Å². The predicted octanol–water partition coefficient (Wildman–Crippen LogP) is 1.98. The van der Waals surface area contributed by atoms with Gasteiger partial charge in [0, 0.05) is 31.7 Å². The molecule has 0 aromatic carbocycles. The number of nitrogens with zero attached hydrogens (tertiary/aromatic N) is 1. The molecule has 4 atom stereocenters. The molecule has 1 saturated heterocycles. The maximum Gasteiger partial charge on any atom is 0.0521 e. The largest absolute Gasteiger partial charge is 0.381 e. The Bertz CT molecular complexity index is 247. The number of hydrogen-bond acceptors (Lipinski definition) is 3. The summed E-state index contributed by atoms with van der Waals surface area (Å²) in [6.45, 7) is 10.1. The minimum atomic E-state index is 0.665. The second-order valence-electron chi connectivity index (χ2n) is 6.38. The van der Waals surface area contributed by atoms with Crippen LogP contribution in [0.2, 0.25) is 0 Å². The first-order valence-electron chi connectivity index (χ1n) is 7.70. The lowest BCUT2D eigenvalue weighted by Crippen LogP contribution is -2.47. The molecular weight excluding hydrogens is 224 g/mol. The van der Waals surface area contributed by atoms with Crippen LogP contribution in [0.15, 0.2) is 0 Å². The SMILES string of the molecule is CCCNC1CCOCC1CN(C)CC1CC1C. The minimum Gasteiger partial charge on any atom is -0.381 e. The normalized spacial score (nSPS) is 36.0. The summed E-state index contributed by atoms with van der Waals surface area (Å²) in [6, 6.07) is 0.665. The van der Waals surface area contributed by atoms with Crippen molar-refractivity contribution in [3.63, 3.8) is 0 Å². The second-order valence-corrected chi connectivity index (χ2v) is 6.38. The molecule has 1 aliphatic carbocycles. The van der Waals surface area contributed by atoms with Crippen molar-refractivity contribution in [3.05, 3.63) is 0 Å². The summed E-state index contributed by atoms with van der Waals surface area (Å²) in [6.07, 6.45) is 3.83. The highest BCUT2D eigenvalue weighted by molar-refractivity contribution is 4.87. The van der Waals surface area contributed by atoms with Gasteiger partial charge in [-0.1, -0.05) is 13.8 Å². The molecule has 0 aromatic rings. The number of ether oxygens (including phenoxy) is 1. The summed E-state index contributed by atoms with van der Waals surface area (Å²) in [5.41, 5.74) is 0. The van der Waals surface area contributed by atoms with Crippen LogP contribution >= 0.6 is 0 Å². The highest BCUT2D eigenvalue weighted by Gasteiger charge is 2.34. The zero-order chi connectivity index (χ0) is 13.0. The quantitative estimate of drug-likeness (QED) is 0.752. The summed E-state index contributed by atoms with van der Waals surface area (Å²) < 4.78 is 5.67. The molecule has 0 aromatic heterocycles. The molecule has 18 heavy (non-hydrogen) atoms. The lowest BCUT2D eigenvalue weighted by atomic mass is 9.95. The van der Waals surface area contributed by atoms with E-state index in [-0.39, 0.29) is 0 Å². The van der Waals surface area contributed by atoms with Gasteiger partial charge in [-0.05, 0) is 44.7 Å². The molecule has 2 fully saturated rings. The fourth-order valence-corrected chi connectivity index (χ4v) is 3.10. The Morgan fingerprint density at radius 2 is 2.00 bits per heavy atom. The molecule has 0 spiro atoms. The van der Waals surface area contributed by atoms with Crippen molar-refractivity contribution in [2.75, 3.05) is 39.9 Å². The van der Waals surface area contributed by atoms with Crippen molar-refractivity contribution < 1.29 is 4.74 Å². The van der Waals surface area contributed by atoms with E-state index in [2.05, 4.69) is 31.1 Å². The zero-order valence-electron chi connectivity index (χ0n) is 12.3. The second kappa shape index (κ2) is 6.88. The van der Waals surface area contributed by atoms with Crippen LogP contribution in [0, 0.1) is 17.8 Å². The van der Waals surface area contributed by atoms with E-state index in [9.17, 15) is 0 Å². The Morgan fingerprint density at radius 3 is 2.67 bits per heavy atom. The Hall–Kier alpha value is -0.120. The van der Waals surface area contributed by atoms with Gasteiger partial charge in [-0.2, -0.15) is 0 Å². The van der Waals surface area contributed by atoms with Gasteiger partial charge >= 0.3 is 0 Å². The monoisotopic (exact) mass is 254 g/mol. The van der Waals surface area contributed by atoms with Crippen LogP contribution in [0.5, 0.6) is 0 Å². The van der Waals surface area contributed by atoms with Crippen molar-refractivity contribution in [1.82, 2.24) is 10.2 Å². The molecule has 1 aliphatic heterocycles. The average Bonchev–Trinajstić information content (AvgIpc) is 3.03. The van der Waals surface area contributed by atoms with Gasteiger partial charge in [0.05, 0.1) is 6.61 Å². The van der Waals surface area contributed by atoms with E-state index in [1.807, 2.05) is 0 Å². The molecule has 1 heterocycles. The molecule has 0 amide bonds. The highest BCUT2D eigenvalue weighted by Crippen LogP contribution is 2.38. The maximum absolute atomic E-state index is 5.67. The Balaban J connectivity index is 1.73. The predicted molar refractivity (Wildman–Crippen MR) is 75.8 cm³/mol. The van der Waals surface area contributed by atoms with Crippen LogP contribution in [-0.4, -0.2) is 50.8 Å². The molecule has 3 heteroatoms. The minimum absolute atomic E-state index is 0.665. The van der Waals surface area contributed by atoms with Crippen LogP contribution in [0.25, 0.3) is 0 Å². The van der Waals surface area contributed by atoms with E-state index in [0.29, 0.717) is 12.0 Å². The first-order valence-corrected chi connectivity index (χ1v) is 7.70. The molecule has 1 saturated carbocycles. The van der Waals surface area contributed by atoms with Crippen LogP contribution in [0.4, 0.5) is 0 Å². The molecular formula is C15H30N2O. The molecule has 106 valence electrons. The molecule has 0 bridgehead atoms. The first-order chi connectivity index (χ1) is 8.70. The smallest absolute Gasteiger partial charge is 0.0521 e. The van der Waals surface area contributed by atoms with E-state index in [1.165, 1.54) is 32.4 Å². The number of rotatable bonds is 7. The number of nitrogens with one attached hydrogen (secondary N) is 1. The van der Waals surface area contributed by atoms with Gasteiger partial charge in [0.2, 0.25) is 0 Å². The fraction of sp³-hybridized carbons (Fsp3) is 1.00. The van der Waals surface area contributed by atoms with Crippen molar-refractivity contribution in [2.45, 2.75) is 39.2 Å². The fourth-order valence-electron chi connectivity index (χ4n) is 3.10. The lowest BCUT2D eigenvalue weighted by Gasteiger charge is -2.35. The zero-order valence-corrected chi connectivity index (χ0v) is 12.3. The van der Waals surface area contributed by atoms with Gasteiger partial charge in [0.15, 0.2) is 0 Å². The van der Waals surface area contributed by atoms with Gasteiger partial charge < -0.3 is 15.0 Å². The Kier molecular flexibility index (Phi) is 5.46. The molecule has 4 unspecified atom stereocenters. The van der Waals surface area contributed by atoms with Crippen LogP contribution in [0.3, 0.4) is 0 Å². The summed E-state index contributed by atoms with van der Waals surface area (Å²) >= 11 is 0. The van der Waals surface area contributed by atoms with E-state index < -0.39 is 0 Å². The summed E-state index contributed by atoms with van der Waals surface area (Å²) in [4.78, 5) is 2.52. The average molecular weight is 254 g/mol. The van der Waals surface area contributed by atoms with Gasteiger partial charge in [0.1, 0.15) is 0 Å². The van der Waals surface area contributed by atoms with E-state index in [0.717, 1.165) is 31.6 Å². The van der Waals surface area contributed by atoms with E-state index >= 15 is 0 Å². The first kappa shape index (κ1) is 14.3. The molecule has 0 radical (unpaired) electrons. The van der Waals surface area contributed by atoms with Crippen molar-refractivity contribution in [1.29, 1.82) is 0 Å². The standard InChI is InChI=1S/C15H30N2O/c1-4-6-16-15-5-7-18-11-14(15)10-17(3)9-13-8-12(13)2/h12-16H,4-11H2,1-3H3. The van der Waals surface area contributed by atoms with Gasteiger partial charge in [-0.25, -0.2) is 0 Å². The molecule has 3 nitrogen and oxygen atoms in total. The van der Waals surface area contributed by atoms with Crippen LogP contribution in [-0.2, 0) is 4.74 Å². The lowest BCUT2D eigenvalue weighted by molar-refractivity contribution is 0.0192. The van der Waals surface area contributed by atoms with Gasteiger partial charge in [-0.3, -0.25) is 0 Å².